The molecule has 0 fully saturated rings. The van der Waals surface area contributed by atoms with E-state index in [-0.39, 0.29) is 6.04 Å². The van der Waals surface area contributed by atoms with Crippen LogP contribution in [-0.2, 0) is 12.8 Å². The predicted octanol–water partition coefficient (Wildman–Crippen LogP) is 4.94. The summed E-state index contributed by atoms with van der Waals surface area (Å²) in [5, 5.41) is 3.45. The molecule has 1 atom stereocenters. The lowest BCUT2D eigenvalue weighted by Gasteiger charge is -2.18. The topological polar surface area (TPSA) is 12.0 Å². The number of nitrogens with one attached hydrogen (secondary N) is 1. The zero-order chi connectivity index (χ0) is 15.2. The van der Waals surface area contributed by atoms with Gasteiger partial charge in [-0.1, -0.05) is 13.0 Å². The van der Waals surface area contributed by atoms with Gasteiger partial charge in [0.25, 0.3) is 0 Å². The van der Waals surface area contributed by atoms with Crippen molar-refractivity contribution in [2.45, 2.75) is 32.2 Å². The van der Waals surface area contributed by atoms with Crippen molar-refractivity contribution in [2.75, 3.05) is 6.54 Å². The molecule has 0 aliphatic carbocycles. The Hall–Kier alpha value is -0.780. The molecule has 114 valence electrons. The summed E-state index contributed by atoms with van der Waals surface area (Å²) in [4.78, 5) is 1.25. The third-order valence-electron chi connectivity index (χ3n) is 3.24. The molecule has 21 heavy (non-hydrogen) atoms. The molecule has 0 aliphatic heterocycles. The summed E-state index contributed by atoms with van der Waals surface area (Å²) in [5.41, 5.74) is 0.556. The smallest absolute Gasteiger partial charge is 0.129 e. The first-order valence-corrected chi connectivity index (χ1v) is 8.61. The normalized spacial score (nSPS) is 12.6. The van der Waals surface area contributed by atoms with E-state index in [1.807, 2.05) is 6.07 Å². The molecule has 0 saturated heterocycles. The molecule has 5 heteroatoms. The molecule has 1 nitrogen and oxygen atoms in total. The second-order valence-electron chi connectivity index (χ2n) is 5.00. The summed E-state index contributed by atoms with van der Waals surface area (Å²) in [7, 11) is 0. The Morgan fingerprint density at radius 2 is 2.00 bits per heavy atom. The Labute approximate surface area is 136 Å². The van der Waals surface area contributed by atoms with Gasteiger partial charge in [-0.2, -0.15) is 0 Å². The van der Waals surface area contributed by atoms with Gasteiger partial charge >= 0.3 is 0 Å². The molecule has 2 rings (SSSR count). The molecular formula is C16H18BrF2NS. The fraction of sp³-hybridized carbons (Fsp3) is 0.375. The van der Waals surface area contributed by atoms with Crippen molar-refractivity contribution in [1.82, 2.24) is 5.32 Å². The number of hydrogen-bond donors (Lipinski definition) is 1. The lowest BCUT2D eigenvalue weighted by Crippen LogP contribution is -2.33. The van der Waals surface area contributed by atoms with Gasteiger partial charge in [0.05, 0.1) is 3.79 Å². The molecule has 0 amide bonds. The summed E-state index contributed by atoms with van der Waals surface area (Å²) in [6.45, 7) is 2.99. The molecule has 1 unspecified atom stereocenters. The zero-order valence-electron chi connectivity index (χ0n) is 11.8. The Bertz CT molecular complexity index is 585. The summed E-state index contributed by atoms with van der Waals surface area (Å²) in [6.07, 6.45) is 2.42. The van der Waals surface area contributed by atoms with E-state index in [1.54, 1.807) is 11.3 Å². The lowest BCUT2D eigenvalue weighted by atomic mass is 10.0. The highest BCUT2D eigenvalue weighted by Crippen LogP contribution is 2.24. The first kappa shape index (κ1) is 16.6. The largest absolute Gasteiger partial charge is 0.313 e. The number of thiophene rings is 1. The van der Waals surface area contributed by atoms with Crippen molar-refractivity contribution in [3.05, 3.63) is 56.2 Å². The molecular weight excluding hydrogens is 356 g/mol. The monoisotopic (exact) mass is 373 g/mol. The van der Waals surface area contributed by atoms with Gasteiger partial charge in [-0.05, 0) is 65.5 Å². The van der Waals surface area contributed by atoms with Crippen LogP contribution >= 0.6 is 27.3 Å². The number of halogens is 3. The summed E-state index contributed by atoms with van der Waals surface area (Å²) in [6, 6.07) is 8.06. The van der Waals surface area contributed by atoms with Gasteiger partial charge in [0.2, 0.25) is 0 Å². The second kappa shape index (κ2) is 8.01. The summed E-state index contributed by atoms with van der Waals surface area (Å²) in [5.74, 6) is -0.998. The van der Waals surface area contributed by atoms with Crippen LogP contribution in [0.15, 0.2) is 34.1 Å². The van der Waals surface area contributed by atoms with Crippen LogP contribution in [0.2, 0.25) is 0 Å². The molecule has 1 heterocycles. The third kappa shape index (κ3) is 5.16. The summed E-state index contributed by atoms with van der Waals surface area (Å²) >= 11 is 5.15. The molecule has 0 aliphatic rings. The van der Waals surface area contributed by atoms with Gasteiger partial charge in [0, 0.05) is 17.0 Å². The van der Waals surface area contributed by atoms with Gasteiger partial charge in [-0.3, -0.25) is 0 Å². The van der Waals surface area contributed by atoms with Crippen LogP contribution in [0.1, 0.15) is 23.8 Å². The standard InChI is InChI=1S/C16H18BrF2NS/c1-2-7-20-13(10-14-5-6-16(17)21-14)8-11-3-4-12(18)9-15(11)19/h3-6,9,13,20H,2,7-8,10H2,1H3. The zero-order valence-corrected chi connectivity index (χ0v) is 14.2. The SMILES string of the molecule is CCCNC(Cc1ccc(Br)s1)Cc1ccc(F)cc1F. The highest BCUT2D eigenvalue weighted by molar-refractivity contribution is 9.11. The van der Waals surface area contributed by atoms with Crippen LogP contribution in [0.25, 0.3) is 0 Å². The molecule has 1 N–H and O–H groups in total. The van der Waals surface area contributed by atoms with Crippen LogP contribution in [0, 0.1) is 11.6 Å². The first-order valence-electron chi connectivity index (χ1n) is 7.00. The maximum atomic E-state index is 13.8. The summed E-state index contributed by atoms with van der Waals surface area (Å²) < 4.78 is 27.9. The fourth-order valence-electron chi connectivity index (χ4n) is 2.22. The van der Waals surface area contributed by atoms with E-state index < -0.39 is 11.6 Å². The fourth-order valence-corrected chi connectivity index (χ4v) is 3.79. The van der Waals surface area contributed by atoms with E-state index in [0.29, 0.717) is 12.0 Å². The maximum Gasteiger partial charge on any atom is 0.129 e. The van der Waals surface area contributed by atoms with Crippen LogP contribution < -0.4 is 5.32 Å². The van der Waals surface area contributed by atoms with E-state index in [1.165, 1.54) is 17.0 Å². The molecule has 2 aromatic rings. The quantitative estimate of drug-likeness (QED) is 0.724. The maximum absolute atomic E-state index is 13.8. The van der Waals surface area contributed by atoms with Crippen molar-refractivity contribution in [3.63, 3.8) is 0 Å². The molecule has 0 bridgehead atoms. The molecule has 0 spiro atoms. The van der Waals surface area contributed by atoms with E-state index >= 15 is 0 Å². The average Bonchev–Trinajstić information content (AvgIpc) is 2.84. The lowest BCUT2D eigenvalue weighted by molar-refractivity contribution is 0.491. The van der Waals surface area contributed by atoms with Crippen molar-refractivity contribution >= 4 is 27.3 Å². The van der Waals surface area contributed by atoms with Crippen molar-refractivity contribution < 1.29 is 8.78 Å². The van der Waals surface area contributed by atoms with E-state index in [4.69, 9.17) is 0 Å². The number of rotatable bonds is 7. The molecule has 0 saturated carbocycles. The van der Waals surface area contributed by atoms with E-state index in [0.717, 1.165) is 29.2 Å². The van der Waals surface area contributed by atoms with Crippen LogP contribution in [0.4, 0.5) is 8.78 Å². The average molecular weight is 374 g/mol. The minimum absolute atomic E-state index is 0.149. The third-order valence-corrected chi connectivity index (χ3v) is 4.89. The Kier molecular flexibility index (Phi) is 6.33. The predicted molar refractivity (Wildman–Crippen MR) is 87.9 cm³/mol. The number of benzene rings is 1. The van der Waals surface area contributed by atoms with Crippen LogP contribution in [0.5, 0.6) is 0 Å². The molecule has 1 aromatic heterocycles. The van der Waals surface area contributed by atoms with Crippen molar-refractivity contribution in [2.24, 2.45) is 0 Å². The minimum atomic E-state index is -0.531. The molecule has 1 aromatic carbocycles. The first-order chi connectivity index (χ1) is 10.1. The highest BCUT2D eigenvalue weighted by Gasteiger charge is 2.14. The van der Waals surface area contributed by atoms with Crippen LogP contribution in [0.3, 0.4) is 0 Å². The van der Waals surface area contributed by atoms with E-state index in [2.05, 4.69) is 34.2 Å². The minimum Gasteiger partial charge on any atom is -0.313 e. The second-order valence-corrected chi connectivity index (χ2v) is 7.55. The number of hydrogen-bond acceptors (Lipinski definition) is 2. The van der Waals surface area contributed by atoms with Gasteiger partial charge in [0.15, 0.2) is 0 Å². The van der Waals surface area contributed by atoms with Crippen molar-refractivity contribution in [1.29, 1.82) is 0 Å². The Balaban J connectivity index is 2.08. The van der Waals surface area contributed by atoms with Crippen molar-refractivity contribution in [3.8, 4) is 0 Å². The molecule has 0 radical (unpaired) electrons. The van der Waals surface area contributed by atoms with Gasteiger partial charge < -0.3 is 5.32 Å². The van der Waals surface area contributed by atoms with E-state index in [9.17, 15) is 8.78 Å². The highest BCUT2D eigenvalue weighted by atomic mass is 79.9. The van der Waals surface area contributed by atoms with Gasteiger partial charge in [0.1, 0.15) is 11.6 Å². The Morgan fingerprint density at radius 1 is 1.19 bits per heavy atom. The van der Waals surface area contributed by atoms with Gasteiger partial charge in [-0.15, -0.1) is 11.3 Å². The van der Waals surface area contributed by atoms with Gasteiger partial charge in [-0.25, -0.2) is 8.78 Å². The Morgan fingerprint density at radius 3 is 2.62 bits per heavy atom. The van der Waals surface area contributed by atoms with Crippen LogP contribution in [-0.4, -0.2) is 12.6 Å².